The highest BCUT2D eigenvalue weighted by atomic mass is 16.5. The SMILES string of the molecule is CCC=C(C)C(=O)Nc1cccc(OCC(=O)N2CCCC2)c1. The van der Waals surface area contributed by atoms with Crippen molar-refractivity contribution in [2.45, 2.75) is 33.1 Å². The zero-order chi connectivity index (χ0) is 16.7. The van der Waals surface area contributed by atoms with Crippen molar-refractivity contribution in [2.24, 2.45) is 0 Å². The second kappa shape index (κ2) is 8.36. The summed E-state index contributed by atoms with van der Waals surface area (Å²) in [5, 5.41) is 2.83. The summed E-state index contributed by atoms with van der Waals surface area (Å²) in [6, 6.07) is 7.10. The number of nitrogens with one attached hydrogen (secondary N) is 1. The van der Waals surface area contributed by atoms with Crippen molar-refractivity contribution >= 4 is 17.5 Å². The minimum absolute atomic E-state index is 0.0127. The summed E-state index contributed by atoms with van der Waals surface area (Å²) in [5.41, 5.74) is 1.34. The van der Waals surface area contributed by atoms with Crippen LogP contribution in [0.4, 0.5) is 5.69 Å². The Morgan fingerprint density at radius 2 is 2.04 bits per heavy atom. The van der Waals surface area contributed by atoms with E-state index in [4.69, 9.17) is 4.74 Å². The topological polar surface area (TPSA) is 58.6 Å². The van der Waals surface area contributed by atoms with Gasteiger partial charge in [-0.05, 0) is 38.3 Å². The molecule has 1 aliphatic rings. The Hall–Kier alpha value is -2.30. The Kier molecular flexibility index (Phi) is 6.20. The molecule has 1 saturated heterocycles. The van der Waals surface area contributed by atoms with Gasteiger partial charge in [-0.2, -0.15) is 0 Å². The molecule has 1 aliphatic heterocycles. The number of benzene rings is 1. The normalized spacial score (nSPS) is 14.7. The Morgan fingerprint density at radius 3 is 2.74 bits per heavy atom. The van der Waals surface area contributed by atoms with Gasteiger partial charge in [0, 0.05) is 30.4 Å². The lowest BCUT2D eigenvalue weighted by Gasteiger charge is -2.15. The molecule has 2 rings (SSSR count). The summed E-state index contributed by atoms with van der Waals surface area (Å²) in [6.07, 6.45) is 4.83. The van der Waals surface area contributed by atoms with Gasteiger partial charge < -0.3 is 15.0 Å². The van der Waals surface area contributed by atoms with Gasteiger partial charge in [-0.1, -0.05) is 19.1 Å². The van der Waals surface area contributed by atoms with E-state index >= 15 is 0 Å². The van der Waals surface area contributed by atoms with E-state index in [0.29, 0.717) is 17.0 Å². The molecule has 2 amide bonds. The molecule has 1 N–H and O–H groups in total. The van der Waals surface area contributed by atoms with Crippen molar-refractivity contribution in [1.82, 2.24) is 4.90 Å². The summed E-state index contributed by atoms with van der Waals surface area (Å²) in [5.74, 6) is 0.461. The third-order valence-corrected chi connectivity index (χ3v) is 3.78. The number of ether oxygens (including phenoxy) is 1. The molecule has 5 heteroatoms. The number of amides is 2. The largest absolute Gasteiger partial charge is 0.484 e. The molecule has 0 aliphatic carbocycles. The van der Waals surface area contributed by atoms with Crippen LogP contribution in [0.1, 0.15) is 33.1 Å². The predicted octanol–water partition coefficient (Wildman–Crippen LogP) is 2.98. The summed E-state index contributed by atoms with van der Waals surface area (Å²) >= 11 is 0. The van der Waals surface area contributed by atoms with Crippen LogP contribution in [-0.2, 0) is 9.59 Å². The maximum absolute atomic E-state index is 12.0. The van der Waals surface area contributed by atoms with Gasteiger partial charge in [0.15, 0.2) is 6.61 Å². The van der Waals surface area contributed by atoms with Gasteiger partial charge in [0.2, 0.25) is 0 Å². The monoisotopic (exact) mass is 316 g/mol. The summed E-state index contributed by atoms with van der Waals surface area (Å²) < 4.78 is 5.55. The van der Waals surface area contributed by atoms with E-state index in [1.165, 1.54) is 0 Å². The molecule has 1 heterocycles. The van der Waals surface area contributed by atoms with Gasteiger partial charge in [0.1, 0.15) is 5.75 Å². The van der Waals surface area contributed by atoms with E-state index in [1.807, 2.05) is 17.9 Å². The maximum atomic E-state index is 12.0. The molecule has 0 radical (unpaired) electrons. The van der Waals surface area contributed by atoms with Gasteiger partial charge in [-0.15, -0.1) is 0 Å². The fraction of sp³-hybridized carbons (Fsp3) is 0.444. The van der Waals surface area contributed by atoms with Crippen molar-refractivity contribution in [3.8, 4) is 5.75 Å². The van der Waals surface area contributed by atoms with E-state index in [1.54, 1.807) is 31.2 Å². The summed E-state index contributed by atoms with van der Waals surface area (Å²) in [7, 11) is 0. The van der Waals surface area contributed by atoms with Gasteiger partial charge in [-0.25, -0.2) is 0 Å². The third-order valence-electron chi connectivity index (χ3n) is 3.78. The number of rotatable bonds is 6. The molecule has 124 valence electrons. The smallest absolute Gasteiger partial charge is 0.260 e. The Morgan fingerprint density at radius 1 is 1.30 bits per heavy atom. The van der Waals surface area contributed by atoms with E-state index < -0.39 is 0 Å². The first-order valence-corrected chi connectivity index (χ1v) is 8.09. The van der Waals surface area contributed by atoms with Crippen molar-refractivity contribution < 1.29 is 14.3 Å². The number of anilines is 1. The molecule has 0 atom stereocenters. The minimum Gasteiger partial charge on any atom is -0.484 e. The molecule has 0 saturated carbocycles. The van der Waals surface area contributed by atoms with Crippen LogP contribution in [0.15, 0.2) is 35.9 Å². The van der Waals surface area contributed by atoms with Crippen LogP contribution in [0.3, 0.4) is 0 Å². The molecule has 23 heavy (non-hydrogen) atoms. The van der Waals surface area contributed by atoms with Crippen molar-refractivity contribution in [3.63, 3.8) is 0 Å². The van der Waals surface area contributed by atoms with Crippen LogP contribution in [-0.4, -0.2) is 36.4 Å². The summed E-state index contributed by atoms with van der Waals surface area (Å²) in [4.78, 5) is 25.8. The lowest BCUT2D eigenvalue weighted by atomic mass is 10.2. The molecular formula is C18H24N2O3. The standard InChI is InChI=1S/C18H24N2O3/c1-3-7-14(2)18(22)19-15-8-6-9-16(12-15)23-13-17(21)20-10-4-5-11-20/h6-9,12H,3-5,10-11,13H2,1-2H3,(H,19,22). The van der Waals surface area contributed by atoms with Crippen LogP contribution in [0.5, 0.6) is 5.75 Å². The average Bonchev–Trinajstić information content (AvgIpc) is 3.07. The van der Waals surface area contributed by atoms with Crippen molar-refractivity contribution in [2.75, 3.05) is 25.0 Å². The lowest BCUT2D eigenvalue weighted by Crippen LogP contribution is -2.32. The molecule has 0 unspecified atom stereocenters. The van der Waals surface area contributed by atoms with Crippen LogP contribution in [0, 0.1) is 0 Å². The number of allylic oxidation sites excluding steroid dienone is 1. The second-order valence-corrected chi connectivity index (χ2v) is 5.65. The van der Waals surface area contributed by atoms with Gasteiger partial charge >= 0.3 is 0 Å². The molecule has 0 bridgehead atoms. The first-order valence-electron chi connectivity index (χ1n) is 8.09. The number of carbonyl (C=O) groups excluding carboxylic acids is 2. The number of nitrogens with zero attached hydrogens (tertiary/aromatic N) is 1. The lowest BCUT2D eigenvalue weighted by molar-refractivity contribution is -0.132. The first-order chi connectivity index (χ1) is 11.1. The number of carbonyl (C=O) groups is 2. The van der Waals surface area contributed by atoms with E-state index in [9.17, 15) is 9.59 Å². The van der Waals surface area contributed by atoms with Gasteiger partial charge in [0.05, 0.1) is 0 Å². The van der Waals surface area contributed by atoms with Crippen LogP contribution < -0.4 is 10.1 Å². The average molecular weight is 316 g/mol. The maximum Gasteiger partial charge on any atom is 0.260 e. The van der Waals surface area contributed by atoms with Crippen LogP contribution in [0.2, 0.25) is 0 Å². The van der Waals surface area contributed by atoms with Gasteiger partial charge in [-0.3, -0.25) is 9.59 Å². The fourth-order valence-corrected chi connectivity index (χ4v) is 2.50. The predicted molar refractivity (Wildman–Crippen MR) is 90.4 cm³/mol. The van der Waals surface area contributed by atoms with Crippen LogP contribution >= 0.6 is 0 Å². The molecular weight excluding hydrogens is 292 g/mol. The number of hydrogen-bond donors (Lipinski definition) is 1. The Bertz CT molecular complexity index is 590. The van der Waals surface area contributed by atoms with Crippen molar-refractivity contribution in [1.29, 1.82) is 0 Å². The fourth-order valence-electron chi connectivity index (χ4n) is 2.50. The quantitative estimate of drug-likeness (QED) is 0.821. The highest BCUT2D eigenvalue weighted by Gasteiger charge is 2.18. The minimum atomic E-state index is -0.128. The van der Waals surface area contributed by atoms with E-state index in [2.05, 4.69) is 5.32 Å². The molecule has 5 nitrogen and oxygen atoms in total. The Balaban J connectivity index is 1.90. The number of likely N-dealkylation sites (tertiary alicyclic amines) is 1. The van der Waals surface area contributed by atoms with Gasteiger partial charge in [0.25, 0.3) is 11.8 Å². The molecule has 0 spiro atoms. The zero-order valence-electron chi connectivity index (χ0n) is 13.8. The highest BCUT2D eigenvalue weighted by Crippen LogP contribution is 2.18. The van der Waals surface area contributed by atoms with Crippen molar-refractivity contribution in [3.05, 3.63) is 35.9 Å². The Labute approximate surface area is 137 Å². The highest BCUT2D eigenvalue weighted by molar-refractivity contribution is 6.03. The molecule has 0 aromatic heterocycles. The second-order valence-electron chi connectivity index (χ2n) is 5.65. The molecule has 1 aromatic rings. The van der Waals surface area contributed by atoms with E-state index in [-0.39, 0.29) is 18.4 Å². The zero-order valence-corrected chi connectivity index (χ0v) is 13.8. The third kappa shape index (κ3) is 5.13. The van der Waals surface area contributed by atoms with E-state index in [0.717, 1.165) is 32.4 Å². The molecule has 1 aromatic carbocycles. The first kappa shape index (κ1) is 17.1. The molecule has 1 fully saturated rings. The van der Waals surface area contributed by atoms with Crippen LogP contribution in [0.25, 0.3) is 0 Å². The summed E-state index contributed by atoms with van der Waals surface area (Å²) in [6.45, 7) is 5.45. The number of hydrogen-bond acceptors (Lipinski definition) is 3.